The smallest absolute Gasteiger partial charge is 0.291 e. The lowest BCUT2D eigenvalue weighted by atomic mass is 10.1. The van der Waals surface area contributed by atoms with Crippen LogP contribution >= 0.6 is 0 Å². The molecule has 5 rings (SSSR count). The Morgan fingerprint density at radius 1 is 0.938 bits per heavy atom. The zero-order valence-electron chi connectivity index (χ0n) is 18.0. The second-order valence-electron chi connectivity index (χ2n) is 8.05. The standard InChI is InChI=1S/C25H25N5O2/c1-17-15-23(29-25(26-17)30-13-5-2-6-14-30)27-19-9-11-20(12-10-19)28-24(31)22-16-18-7-3-4-8-21(18)32-22/h3-4,7-12,15-16H,2,5-6,13-14H2,1H3,(H,28,31)(H,26,27,29). The van der Waals surface area contributed by atoms with Gasteiger partial charge in [0.25, 0.3) is 5.91 Å². The summed E-state index contributed by atoms with van der Waals surface area (Å²) in [4.78, 5) is 24.1. The van der Waals surface area contributed by atoms with Gasteiger partial charge in [0.05, 0.1) is 0 Å². The van der Waals surface area contributed by atoms with Crippen LogP contribution in [0.2, 0.25) is 0 Å². The van der Waals surface area contributed by atoms with Gasteiger partial charge in [0.15, 0.2) is 5.76 Å². The third kappa shape index (κ3) is 4.42. The fourth-order valence-corrected chi connectivity index (χ4v) is 3.92. The van der Waals surface area contributed by atoms with Crippen molar-refractivity contribution in [3.05, 3.63) is 72.1 Å². The van der Waals surface area contributed by atoms with Crippen LogP contribution in [0.25, 0.3) is 11.0 Å². The van der Waals surface area contributed by atoms with E-state index in [1.165, 1.54) is 19.3 Å². The van der Waals surface area contributed by atoms with Crippen LogP contribution < -0.4 is 15.5 Å². The van der Waals surface area contributed by atoms with Gasteiger partial charge >= 0.3 is 0 Å². The van der Waals surface area contributed by atoms with Crippen LogP contribution in [0, 0.1) is 6.92 Å². The highest BCUT2D eigenvalue weighted by Gasteiger charge is 2.15. The average Bonchev–Trinajstić information content (AvgIpc) is 3.25. The van der Waals surface area contributed by atoms with Gasteiger partial charge in [-0.2, -0.15) is 4.98 Å². The van der Waals surface area contributed by atoms with Crippen molar-refractivity contribution in [2.24, 2.45) is 0 Å². The van der Waals surface area contributed by atoms with Crippen LogP contribution in [0.15, 0.2) is 65.1 Å². The van der Waals surface area contributed by atoms with E-state index in [9.17, 15) is 4.79 Å². The first-order valence-electron chi connectivity index (χ1n) is 10.9. The van der Waals surface area contributed by atoms with Crippen molar-refractivity contribution in [2.45, 2.75) is 26.2 Å². The Morgan fingerprint density at radius 2 is 1.69 bits per heavy atom. The molecule has 0 aliphatic carbocycles. The summed E-state index contributed by atoms with van der Waals surface area (Å²) in [7, 11) is 0. The molecule has 0 bridgehead atoms. The van der Waals surface area contributed by atoms with E-state index in [1.54, 1.807) is 6.07 Å². The van der Waals surface area contributed by atoms with Crippen molar-refractivity contribution in [2.75, 3.05) is 28.6 Å². The van der Waals surface area contributed by atoms with Crippen LogP contribution in [0.5, 0.6) is 0 Å². The maximum absolute atomic E-state index is 12.5. The van der Waals surface area contributed by atoms with E-state index in [-0.39, 0.29) is 11.7 Å². The molecule has 1 amide bonds. The number of para-hydroxylation sites is 1. The fourth-order valence-electron chi connectivity index (χ4n) is 3.92. The van der Waals surface area contributed by atoms with Crippen LogP contribution in [0.1, 0.15) is 35.5 Å². The second-order valence-corrected chi connectivity index (χ2v) is 8.05. The lowest BCUT2D eigenvalue weighted by Gasteiger charge is -2.27. The van der Waals surface area contributed by atoms with E-state index >= 15 is 0 Å². The molecule has 0 atom stereocenters. The number of carbonyl (C=O) groups excluding carboxylic acids is 1. The molecule has 162 valence electrons. The predicted molar refractivity (Wildman–Crippen MR) is 127 cm³/mol. The molecule has 4 aromatic rings. The molecule has 2 N–H and O–H groups in total. The van der Waals surface area contributed by atoms with E-state index < -0.39 is 0 Å². The molecule has 7 nitrogen and oxygen atoms in total. The van der Waals surface area contributed by atoms with E-state index in [0.717, 1.165) is 41.6 Å². The number of furan rings is 1. The highest BCUT2D eigenvalue weighted by atomic mass is 16.3. The number of hydrogen-bond donors (Lipinski definition) is 2. The van der Waals surface area contributed by atoms with E-state index in [1.807, 2.05) is 61.5 Å². The van der Waals surface area contributed by atoms with Crippen LogP contribution in [-0.2, 0) is 0 Å². The molecule has 1 saturated heterocycles. The van der Waals surface area contributed by atoms with Gasteiger partial charge in [-0.05, 0) is 62.6 Å². The number of hydrogen-bond acceptors (Lipinski definition) is 6. The molecule has 0 unspecified atom stereocenters. The maximum atomic E-state index is 12.5. The number of benzene rings is 2. The van der Waals surface area contributed by atoms with Crippen LogP contribution in [0.4, 0.5) is 23.1 Å². The van der Waals surface area contributed by atoms with Crippen molar-refractivity contribution < 1.29 is 9.21 Å². The Balaban J connectivity index is 1.26. The highest BCUT2D eigenvalue weighted by Crippen LogP contribution is 2.23. The van der Waals surface area contributed by atoms with Gasteiger partial charge in [-0.25, -0.2) is 4.98 Å². The van der Waals surface area contributed by atoms with Crippen LogP contribution in [-0.4, -0.2) is 29.0 Å². The number of anilines is 4. The van der Waals surface area contributed by atoms with E-state index in [0.29, 0.717) is 11.3 Å². The molecule has 7 heteroatoms. The molecule has 0 saturated carbocycles. The van der Waals surface area contributed by atoms with Gasteiger partial charge in [0, 0.05) is 41.6 Å². The molecule has 0 spiro atoms. The zero-order valence-corrected chi connectivity index (χ0v) is 18.0. The molecular weight excluding hydrogens is 402 g/mol. The summed E-state index contributed by atoms with van der Waals surface area (Å²) < 4.78 is 5.63. The van der Waals surface area contributed by atoms with Crippen molar-refractivity contribution in [3.8, 4) is 0 Å². The summed E-state index contributed by atoms with van der Waals surface area (Å²) in [6.45, 7) is 3.99. The Bertz CT molecular complexity index is 1210. The molecule has 1 aliphatic rings. The van der Waals surface area contributed by atoms with Gasteiger partial charge in [-0.1, -0.05) is 18.2 Å². The van der Waals surface area contributed by atoms with Crippen molar-refractivity contribution in [1.82, 2.24) is 9.97 Å². The zero-order chi connectivity index (χ0) is 21.9. The van der Waals surface area contributed by atoms with E-state index in [2.05, 4.69) is 20.5 Å². The second kappa shape index (κ2) is 8.70. The monoisotopic (exact) mass is 427 g/mol. The lowest BCUT2D eigenvalue weighted by Crippen LogP contribution is -2.31. The first-order chi connectivity index (χ1) is 15.6. The summed E-state index contributed by atoms with van der Waals surface area (Å²) in [6, 6.07) is 18.8. The normalized spacial score (nSPS) is 13.8. The van der Waals surface area contributed by atoms with Crippen molar-refractivity contribution in [3.63, 3.8) is 0 Å². The number of piperidine rings is 1. The average molecular weight is 428 g/mol. The highest BCUT2D eigenvalue weighted by molar-refractivity contribution is 6.04. The Labute approximate surface area is 186 Å². The molecule has 1 fully saturated rings. The largest absolute Gasteiger partial charge is 0.451 e. The Kier molecular flexibility index (Phi) is 5.46. The molecule has 1 aliphatic heterocycles. The minimum atomic E-state index is -0.278. The van der Waals surface area contributed by atoms with Crippen LogP contribution in [0.3, 0.4) is 0 Å². The SMILES string of the molecule is Cc1cc(Nc2ccc(NC(=O)c3cc4ccccc4o3)cc2)nc(N2CCCCC2)n1. The summed E-state index contributed by atoms with van der Waals surface area (Å²) in [5.74, 6) is 1.55. The maximum Gasteiger partial charge on any atom is 0.291 e. The molecular formula is C25H25N5O2. The summed E-state index contributed by atoms with van der Waals surface area (Å²) >= 11 is 0. The van der Waals surface area contributed by atoms with Gasteiger partial charge < -0.3 is 20.0 Å². The molecule has 0 radical (unpaired) electrons. The number of rotatable bonds is 5. The molecule has 2 aromatic carbocycles. The van der Waals surface area contributed by atoms with E-state index in [4.69, 9.17) is 9.40 Å². The van der Waals surface area contributed by atoms with Gasteiger partial charge in [-0.3, -0.25) is 4.79 Å². The molecule has 2 aromatic heterocycles. The first kappa shape index (κ1) is 20.1. The number of carbonyl (C=O) groups is 1. The first-order valence-corrected chi connectivity index (χ1v) is 10.9. The third-order valence-electron chi connectivity index (χ3n) is 5.55. The van der Waals surface area contributed by atoms with Gasteiger partial charge in [0.1, 0.15) is 11.4 Å². The predicted octanol–water partition coefficient (Wildman–Crippen LogP) is 5.52. The number of fused-ring (bicyclic) bond motifs is 1. The number of aromatic nitrogens is 2. The Hall–Kier alpha value is -3.87. The van der Waals surface area contributed by atoms with Gasteiger partial charge in [0.2, 0.25) is 5.95 Å². The molecule has 3 heterocycles. The topological polar surface area (TPSA) is 83.3 Å². The minimum Gasteiger partial charge on any atom is -0.451 e. The fraction of sp³-hybridized carbons (Fsp3) is 0.240. The number of nitrogens with zero attached hydrogens (tertiary/aromatic N) is 3. The number of nitrogens with one attached hydrogen (secondary N) is 2. The summed E-state index contributed by atoms with van der Waals surface area (Å²) in [5, 5.41) is 7.13. The van der Waals surface area contributed by atoms with Crippen molar-refractivity contribution >= 4 is 40.0 Å². The molecule has 32 heavy (non-hydrogen) atoms. The number of aryl methyl sites for hydroxylation is 1. The summed E-state index contributed by atoms with van der Waals surface area (Å²) in [5.41, 5.74) is 3.20. The van der Waals surface area contributed by atoms with Gasteiger partial charge in [-0.15, -0.1) is 0 Å². The summed E-state index contributed by atoms with van der Waals surface area (Å²) in [6.07, 6.45) is 3.63. The lowest BCUT2D eigenvalue weighted by molar-refractivity contribution is 0.0998. The Morgan fingerprint density at radius 3 is 2.47 bits per heavy atom. The minimum absolute atomic E-state index is 0.278. The quantitative estimate of drug-likeness (QED) is 0.436. The number of amides is 1. The third-order valence-corrected chi connectivity index (χ3v) is 5.55. The van der Waals surface area contributed by atoms with Crippen molar-refractivity contribution in [1.29, 1.82) is 0 Å².